The summed E-state index contributed by atoms with van der Waals surface area (Å²) in [6, 6.07) is 5.72. The van der Waals surface area contributed by atoms with Crippen LogP contribution in [-0.4, -0.2) is 48.0 Å². The quantitative estimate of drug-likeness (QED) is 0.655. The lowest BCUT2D eigenvalue weighted by molar-refractivity contribution is -0.150. The molecule has 0 fully saturated rings. The van der Waals surface area contributed by atoms with Crippen LogP contribution in [-0.2, 0) is 14.3 Å². The molecule has 0 aromatic heterocycles. The molecule has 0 radical (unpaired) electrons. The molecule has 0 spiro atoms. The van der Waals surface area contributed by atoms with Gasteiger partial charge in [0.15, 0.2) is 6.61 Å². The second kappa shape index (κ2) is 10.4. The van der Waals surface area contributed by atoms with Crippen molar-refractivity contribution in [3.8, 4) is 0 Å². The fraction of sp³-hybridized carbons (Fsp3) is 0.500. The molecule has 144 valence electrons. The molecule has 0 saturated carbocycles. The van der Waals surface area contributed by atoms with Crippen LogP contribution >= 0.6 is 23.4 Å². The van der Waals surface area contributed by atoms with Crippen molar-refractivity contribution in [2.24, 2.45) is 0 Å². The zero-order chi connectivity index (χ0) is 19.7. The van der Waals surface area contributed by atoms with Gasteiger partial charge in [0.05, 0.1) is 10.6 Å². The van der Waals surface area contributed by atoms with Crippen molar-refractivity contribution in [2.75, 3.05) is 18.6 Å². The number of nitrogens with one attached hydrogen (secondary N) is 2. The number of benzene rings is 1. The summed E-state index contributed by atoms with van der Waals surface area (Å²) in [4.78, 5) is 36.5. The minimum Gasteiger partial charge on any atom is -0.454 e. The molecule has 26 heavy (non-hydrogen) atoms. The van der Waals surface area contributed by atoms with Crippen LogP contribution in [0.1, 0.15) is 37.6 Å². The van der Waals surface area contributed by atoms with Crippen molar-refractivity contribution in [1.29, 1.82) is 0 Å². The molecule has 0 saturated heterocycles. The smallest absolute Gasteiger partial charge is 0.329 e. The van der Waals surface area contributed by atoms with Gasteiger partial charge in [-0.3, -0.25) is 9.59 Å². The van der Waals surface area contributed by atoms with Gasteiger partial charge in [-0.1, -0.05) is 23.7 Å². The first-order valence-electron chi connectivity index (χ1n) is 8.16. The van der Waals surface area contributed by atoms with Gasteiger partial charge >= 0.3 is 5.97 Å². The van der Waals surface area contributed by atoms with Crippen molar-refractivity contribution < 1.29 is 19.1 Å². The molecule has 0 unspecified atom stereocenters. The molecule has 1 aromatic carbocycles. The summed E-state index contributed by atoms with van der Waals surface area (Å²) < 4.78 is 5.07. The van der Waals surface area contributed by atoms with E-state index in [0.717, 1.165) is 0 Å². The van der Waals surface area contributed by atoms with Crippen molar-refractivity contribution in [3.63, 3.8) is 0 Å². The third-order valence-electron chi connectivity index (χ3n) is 3.18. The third kappa shape index (κ3) is 8.10. The highest BCUT2D eigenvalue weighted by Gasteiger charge is 2.24. The normalized spacial score (nSPS) is 12.2. The lowest BCUT2D eigenvalue weighted by Crippen LogP contribution is -2.45. The Kier molecular flexibility index (Phi) is 8.95. The summed E-state index contributed by atoms with van der Waals surface area (Å²) in [6.07, 6.45) is 2.28. The highest BCUT2D eigenvalue weighted by atomic mass is 35.5. The van der Waals surface area contributed by atoms with Gasteiger partial charge in [-0.15, -0.1) is 0 Å². The van der Waals surface area contributed by atoms with E-state index in [0.29, 0.717) is 17.2 Å². The first kappa shape index (κ1) is 22.3. The SMILES string of the molecule is CSCC[C@H](NC(=O)c1ccccc1Cl)C(=O)OCC(=O)NC(C)(C)C. The number of esters is 1. The molecule has 1 aromatic rings. The van der Waals surface area contributed by atoms with E-state index in [-0.39, 0.29) is 5.56 Å². The monoisotopic (exact) mass is 400 g/mol. The minimum absolute atomic E-state index is 0.279. The van der Waals surface area contributed by atoms with Crippen molar-refractivity contribution >= 4 is 41.1 Å². The topological polar surface area (TPSA) is 84.5 Å². The Morgan fingerprint density at radius 2 is 1.88 bits per heavy atom. The predicted octanol–water partition coefficient (Wildman–Crippen LogP) is 2.65. The van der Waals surface area contributed by atoms with Crippen molar-refractivity contribution in [2.45, 2.75) is 38.8 Å². The van der Waals surface area contributed by atoms with Crippen LogP contribution < -0.4 is 10.6 Å². The molecule has 0 bridgehead atoms. The summed E-state index contributed by atoms with van der Waals surface area (Å²) in [5, 5.41) is 5.64. The number of thioether (sulfide) groups is 1. The van der Waals surface area contributed by atoms with Gasteiger partial charge in [-0.2, -0.15) is 11.8 Å². The Bertz CT molecular complexity index is 646. The standard InChI is InChI=1S/C18H25ClN2O4S/c1-18(2,3)21-15(22)11-25-17(24)14(9-10-26-4)20-16(23)12-7-5-6-8-13(12)19/h5-8,14H,9-11H2,1-4H3,(H,20,23)(H,21,22)/t14-/m0/s1. The zero-order valence-corrected chi connectivity index (χ0v) is 17.0. The fourth-order valence-corrected chi connectivity index (χ4v) is 2.75. The van der Waals surface area contributed by atoms with Gasteiger partial charge in [0.25, 0.3) is 11.8 Å². The lowest BCUT2D eigenvalue weighted by atomic mass is 10.1. The van der Waals surface area contributed by atoms with Crippen LogP contribution in [0.2, 0.25) is 5.02 Å². The molecule has 0 aliphatic carbocycles. The van der Waals surface area contributed by atoms with Gasteiger partial charge in [-0.25, -0.2) is 4.79 Å². The molecular weight excluding hydrogens is 376 g/mol. The number of carbonyl (C=O) groups excluding carboxylic acids is 3. The number of ether oxygens (including phenoxy) is 1. The number of rotatable bonds is 8. The Hall–Kier alpha value is -1.73. The molecule has 1 rings (SSSR count). The van der Waals surface area contributed by atoms with E-state index in [1.807, 2.05) is 27.0 Å². The van der Waals surface area contributed by atoms with Crippen molar-refractivity contribution in [3.05, 3.63) is 34.9 Å². The summed E-state index contributed by atoms with van der Waals surface area (Å²) >= 11 is 7.56. The maximum atomic E-state index is 12.4. The molecule has 6 nitrogen and oxygen atoms in total. The Morgan fingerprint density at radius 3 is 2.46 bits per heavy atom. The van der Waals surface area contributed by atoms with E-state index in [2.05, 4.69) is 10.6 Å². The van der Waals surface area contributed by atoms with Gasteiger partial charge in [0.1, 0.15) is 6.04 Å². The molecule has 0 heterocycles. The van der Waals surface area contributed by atoms with Crippen LogP contribution in [0, 0.1) is 0 Å². The molecule has 0 aliphatic rings. The maximum Gasteiger partial charge on any atom is 0.329 e. The number of hydrogen-bond donors (Lipinski definition) is 2. The average molecular weight is 401 g/mol. The van der Waals surface area contributed by atoms with E-state index in [1.165, 1.54) is 0 Å². The van der Waals surface area contributed by atoms with Gasteiger partial charge in [0, 0.05) is 5.54 Å². The van der Waals surface area contributed by atoms with Gasteiger partial charge in [0.2, 0.25) is 0 Å². The summed E-state index contributed by atoms with van der Waals surface area (Å²) in [6.45, 7) is 5.10. The molecular formula is C18H25ClN2O4S. The maximum absolute atomic E-state index is 12.4. The minimum atomic E-state index is -0.853. The highest BCUT2D eigenvalue weighted by Crippen LogP contribution is 2.15. The number of halogens is 1. The lowest BCUT2D eigenvalue weighted by Gasteiger charge is -2.21. The third-order valence-corrected chi connectivity index (χ3v) is 4.15. The highest BCUT2D eigenvalue weighted by molar-refractivity contribution is 7.98. The van der Waals surface area contributed by atoms with Gasteiger partial charge in [-0.05, 0) is 51.3 Å². The largest absolute Gasteiger partial charge is 0.454 e. The zero-order valence-electron chi connectivity index (χ0n) is 15.4. The van der Waals surface area contributed by atoms with E-state index in [4.69, 9.17) is 16.3 Å². The predicted molar refractivity (Wildman–Crippen MR) is 105 cm³/mol. The summed E-state index contributed by atoms with van der Waals surface area (Å²) in [7, 11) is 0. The van der Waals surface area contributed by atoms with Crippen LogP contribution in [0.3, 0.4) is 0 Å². The van der Waals surface area contributed by atoms with Crippen LogP contribution in [0.15, 0.2) is 24.3 Å². The second-order valence-electron chi connectivity index (χ2n) is 6.69. The fourth-order valence-electron chi connectivity index (χ4n) is 2.06. The Morgan fingerprint density at radius 1 is 1.23 bits per heavy atom. The summed E-state index contributed by atoms with van der Waals surface area (Å²) in [5.74, 6) is -0.857. The van der Waals surface area contributed by atoms with E-state index < -0.39 is 36.0 Å². The number of hydrogen-bond acceptors (Lipinski definition) is 5. The molecule has 0 aliphatic heterocycles. The average Bonchev–Trinajstić information content (AvgIpc) is 2.55. The van der Waals surface area contributed by atoms with E-state index in [1.54, 1.807) is 36.0 Å². The molecule has 1 atom stereocenters. The first-order chi connectivity index (χ1) is 12.1. The van der Waals surface area contributed by atoms with Crippen molar-refractivity contribution in [1.82, 2.24) is 10.6 Å². The van der Waals surface area contributed by atoms with Gasteiger partial charge < -0.3 is 15.4 Å². The van der Waals surface area contributed by atoms with E-state index in [9.17, 15) is 14.4 Å². The Balaban J connectivity index is 2.70. The molecule has 2 N–H and O–H groups in total. The van der Waals surface area contributed by atoms with Crippen LogP contribution in [0.25, 0.3) is 0 Å². The number of carbonyl (C=O) groups is 3. The van der Waals surface area contributed by atoms with Crippen LogP contribution in [0.5, 0.6) is 0 Å². The molecule has 2 amide bonds. The van der Waals surface area contributed by atoms with Crippen LogP contribution in [0.4, 0.5) is 0 Å². The van der Waals surface area contributed by atoms with E-state index >= 15 is 0 Å². The Labute approximate surface area is 163 Å². The number of amides is 2. The summed E-state index contributed by atoms with van der Waals surface area (Å²) in [5.41, 5.74) is -0.137. The second-order valence-corrected chi connectivity index (χ2v) is 8.09. The molecule has 8 heteroatoms. The first-order valence-corrected chi connectivity index (χ1v) is 9.93.